The monoisotopic (exact) mass is 301 g/mol. The highest BCUT2D eigenvalue weighted by atomic mass is 19.4. The van der Waals surface area contributed by atoms with Crippen LogP contribution in [0.1, 0.15) is 12.0 Å². The Morgan fingerprint density at radius 3 is 2.67 bits per heavy atom. The van der Waals surface area contributed by atoms with Crippen molar-refractivity contribution in [2.24, 2.45) is 0 Å². The van der Waals surface area contributed by atoms with Gasteiger partial charge in [-0.25, -0.2) is 4.79 Å². The van der Waals surface area contributed by atoms with Gasteiger partial charge in [0, 0.05) is 26.1 Å². The molecule has 0 atom stereocenters. The van der Waals surface area contributed by atoms with Crippen LogP contribution in [0, 0.1) is 0 Å². The summed E-state index contributed by atoms with van der Waals surface area (Å²) in [7, 11) is 0. The third-order valence-corrected chi connectivity index (χ3v) is 3.07. The van der Waals surface area contributed by atoms with Crippen LogP contribution in [0.25, 0.3) is 0 Å². The molecular formula is C13H14F3N3O2. The molecule has 1 aliphatic rings. The summed E-state index contributed by atoms with van der Waals surface area (Å²) in [6.07, 6.45) is -4.41. The van der Waals surface area contributed by atoms with E-state index in [9.17, 15) is 22.8 Å². The average molecular weight is 301 g/mol. The van der Waals surface area contributed by atoms with E-state index in [-0.39, 0.29) is 37.6 Å². The van der Waals surface area contributed by atoms with Crippen molar-refractivity contribution in [2.45, 2.75) is 12.6 Å². The molecule has 21 heavy (non-hydrogen) atoms. The molecule has 0 unspecified atom stereocenters. The second-order valence-corrected chi connectivity index (χ2v) is 4.56. The van der Waals surface area contributed by atoms with E-state index >= 15 is 0 Å². The molecule has 114 valence electrons. The lowest BCUT2D eigenvalue weighted by Gasteiger charge is -2.21. The molecule has 0 radical (unpaired) electrons. The number of benzene rings is 1. The van der Waals surface area contributed by atoms with Gasteiger partial charge in [-0.3, -0.25) is 4.79 Å². The number of nitrogens with one attached hydrogen (secondary N) is 2. The lowest BCUT2D eigenvalue weighted by atomic mass is 10.1. The zero-order chi connectivity index (χ0) is 15.5. The Bertz CT molecular complexity index is 546. The summed E-state index contributed by atoms with van der Waals surface area (Å²) in [4.78, 5) is 24.5. The fraction of sp³-hybridized carbons (Fsp3) is 0.385. The number of hydrogen-bond acceptors (Lipinski definition) is 2. The minimum Gasteiger partial charge on any atom is -0.354 e. The predicted molar refractivity (Wildman–Crippen MR) is 69.7 cm³/mol. The van der Waals surface area contributed by atoms with Crippen molar-refractivity contribution < 1.29 is 22.8 Å². The van der Waals surface area contributed by atoms with Crippen molar-refractivity contribution in [2.75, 3.05) is 25.0 Å². The fourth-order valence-electron chi connectivity index (χ4n) is 2.00. The van der Waals surface area contributed by atoms with Gasteiger partial charge >= 0.3 is 12.2 Å². The van der Waals surface area contributed by atoms with E-state index in [1.807, 2.05) is 0 Å². The first-order chi connectivity index (χ1) is 9.88. The normalized spacial score (nSPS) is 16.1. The summed E-state index contributed by atoms with van der Waals surface area (Å²) in [5.41, 5.74) is -1.19. The highest BCUT2D eigenvalue weighted by molar-refractivity contribution is 5.91. The van der Waals surface area contributed by atoms with Gasteiger partial charge in [0.05, 0.1) is 11.3 Å². The summed E-state index contributed by atoms with van der Waals surface area (Å²) < 4.78 is 38.5. The fourth-order valence-corrected chi connectivity index (χ4v) is 2.00. The van der Waals surface area contributed by atoms with Crippen LogP contribution >= 0.6 is 0 Å². The Labute approximate surface area is 119 Å². The number of rotatable bonds is 1. The minimum atomic E-state index is -4.54. The number of para-hydroxylation sites is 1. The largest absolute Gasteiger partial charge is 0.418 e. The number of hydrogen-bond donors (Lipinski definition) is 2. The van der Waals surface area contributed by atoms with E-state index < -0.39 is 17.8 Å². The molecule has 3 amide bonds. The molecule has 1 fully saturated rings. The maximum absolute atomic E-state index is 12.8. The highest BCUT2D eigenvalue weighted by Crippen LogP contribution is 2.34. The number of nitrogens with zero attached hydrogens (tertiary/aromatic N) is 1. The molecule has 0 spiro atoms. The van der Waals surface area contributed by atoms with E-state index in [4.69, 9.17) is 0 Å². The third kappa shape index (κ3) is 3.87. The molecule has 1 aromatic carbocycles. The quantitative estimate of drug-likeness (QED) is 0.834. The standard InChI is InChI=1S/C13H14F3N3O2/c14-13(15,16)9-3-1-2-4-10(9)18-12(21)19-7-5-11(20)17-6-8-19/h1-4H,5-8H2,(H,17,20)(H,18,21). The molecule has 0 aromatic heterocycles. The van der Waals surface area contributed by atoms with Gasteiger partial charge in [-0.15, -0.1) is 0 Å². The molecule has 1 heterocycles. The van der Waals surface area contributed by atoms with Crippen molar-refractivity contribution in [1.82, 2.24) is 10.2 Å². The highest BCUT2D eigenvalue weighted by Gasteiger charge is 2.34. The molecule has 8 heteroatoms. The smallest absolute Gasteiger partial charge is 0.354 e. The molecule has 0 aliphatic carbocycles. The molecule has 2 rings (SSSR count). The van der Waals surface area contributed by atoms with E-state index in [0.717, 1.165) is 6.07 Å². The van der Waals surface area contributed by atoms with Crippen molar-refractivity contribution in [3.05, 3.63) is 29.8 Å². The SMILES string of the molecule is O=C1CCN(C(=O)Nc2ccccc2C(F)(F)F)CCN1. The first-order valence-corrected chi connectivity index (χ1v) is 6.37. The Morgan fingerprint density at radius 2 is 1.95 bits per heavy atom. The summed E-state index contributed by atoms with van der Waals surface area (Å²) in [5, 5.41) is 4.85. The lowest BCUT2D eigenvalue weighted by molar-refractivity contribution is -0.137. The van der Waals surface area contributed by atoms with Gasteiger partial charge < -0.3 is 15.5 Å². The zero-order valence-electron chi connectivity index (χ0n) is 11.0. The zero-order valence-corrected chi connectivity index (χ0v) is 11.0. The minimum absolute atomic E-state index is 0.133. The Kier molecular flexibility index (Phi) is 4.35. The van der Waals surface area contributed by atoms with E-state index in [2.05, 4.69) is 10.6 Å². The number of halogens is 3. The predicted octanol–water partition coefficient (Wildman–Crippen LogP) is 2.06. The van der Waals surface area contributed by atoms with Gasteiger partial charge in [-0.1, -0.05) is 12.1 Å². The third-order valence-electron chi connectivity index (χ3n) is 3.07. The summed E-state index contributed by atoms with van der Waals surface area (Å²) >= 11 is 0. The van der Waals surface area contributed by atoms with Gasteiger partial charge in [0.15, 0.2) is 0 Å². The topological polar surface area (TPSA) is 61.4 Å². The number of carbonyl (C=O) groups excluding carboxylic acids is 2. The first kappa shape index (κ1) is 15.1. The molecule has 5 nitrogen and oxygen atoms in total. The van der Waals surface area contributed by atoms with E-state index in [0.29, 0.717) is 0 Å². The van der Waals surface area contributed by atoms with Crippen molar-refractivity contribution in [1.29, 1.82) is 0 Å². The number of anilines is 1. The molecule has 0 saturated carbocycles. The van der Waals surface area contributed by atoms with Crippen LogP contribution in [-0.4, -0.2) is 36.5 Å². The second kappa shape index (κ2) is 6.02. The molecule has 2 N–H and O–H groups in total. The summed E-state index contributed by atoms with van der Waals surface area (Å²) in [6.45, 7) is 0.713. The van der Waals surface area contributed by atoms with Crippen LogP contribution in [0.5, 0.6) is 0 Å². The average Bonchev–Trinajstić information content (AvgIpc) is 2.63. The maximum atomic E-state index is 12.8. The van der Waals surface area contributed by atoms with Crippen LogP contribution < -0.4 is 10.6 Å². The van der Waals surface area contributed by atoms with Crippen LogP contribution in [0.15, 0.2) is 24.3 Å². The van der Waals surface area contributed by atoms with Crippen molar-refractivity contribution in [3.63, 3.8) is 0 Å². The molecule has 1 aromatic rings. The number of amides is 3. The molecule has 0 bridgehead atoms. The van der Waals surface area contributed by atoms with Crippen LogP contribution in [0.3, 0.4) is 0 Å². The number of urea groups is 1. The molecule has 1 aliphatic heterocycles. The van der Waals surface area contributed by atoms with E-state index in [1.54, 1.807) is 0 Å². The lowest BCUT2D eigenvalue weighted by Crippen LogP contribution is -2.37. The van der Waals surface area contributed by atoms with Gasteiger partial charge in [-0.05, 0) is 12.1 Å². The Hall–Kier alpha value is -2.25. The van der Waals surface area contributed by atoms with Crippen molar-refractivity contribution in [3.8, 4) is 0 Å². The van der Waals surface area contributed by atoms with Crippen molar-refractivity contribution >= 4 is 17.6 Å². The number of carbonyl (C=O) groups is 2. The second-order valence-electron chi connectivity index (χ2n) is 4.56. The summed E-state index contributed by atoms with van der Waals surface area (Å²) in [5.74, 6) is -0.180. The Balaban J connectivity index is 2.11. The van der Waals surface area contributed by atoms with Gasteiger partial charge in [-0.2, -0.15) is 13.2 Å². The van der Waals surface area contributed by atoms with Crippen LogP contribution in [0.2, 0.25) is 0 Å². The van der Waals surface area contributed by atoms with Crippen LogP contribution in [-0.2, 0) is 11.0 Å². The van der Waals surface area contributed by atoms with Gasteiger partial charge in [0.2, 0.25) is 5.91 Å². The first-order valence-electron chi connectivity index (χ1n) is 6.37. The maximum Gasteiger partial charge on any atom is 0.418 e. The summed E-state index contributed by atoms with van der Waals surface area (Å²) in [6, 6.07) is 4.12. The van der Waals surface area contributed by atoms with Crippen LogP contribution in [0.4, 0.5) is 23.7 Å². The van der Waals surface area contributed by atoms with Gasteiger partial charge in [0.25, 0.3) is 0 Å². The van der Waals surface area contributed by atoms with Gasteiger partial charge in [0.1, 0.15) is 0 Å². The van der Waals surface area contributed by atoms with E-state index in [1.165, 1.54) is 23.1 Å². The molecular weight excluding hydrogens is 287 g/mol. The Morgan fingerprint density at radius 1 is 1.24 bits per heavy atom. The number of alkyl halides is 3. The molecule has 1 saturated heterocycles.